The summed E-state index contributed by atoms with van der Waals surface area (Å²) < 4.78 is 0. The van der Waals surface area contributed by atoms with Crippen LogP contribution in [0.15, 0.2) is 18.9 Å². The number of aromatic nitrogens is 4. The minimum absolute atomic E-state index is 0.458. The van der Waals surface area contributed by atoms with Crippen LogP contribution in [0.2, 0.25) is 0 Å². The van der Waals surface area contributed by atoms with Crippen LogP contribution >= 0.6 is 0 Å². The van der Waals surface area contributed by atoms with Crippen LogP contribution in [-0.2, 0) is 0 Å². The van der Waals surface area contributed by atoms with Crippen molar-refractivity contribution in [3.05, 3.63) is 18.9 Å². The molecule has 0 radical (unpaired) electrons. The zero-order valence-electron chi connectivity index (χ0n) is 8.94. The van der Waals surface area contributed by atoms with E-state index < -0.39 is 5.66 Å². The SMILES string of the molecule is CCC(C)(N)N.c1ncc2[nH]cnc2n1. The summed E-state index contributed by atoms with van der Waals surface area (Å²) in [4.78, 5) is 14.5. The highest BCUT2D eigenvalue weighted by Gasteiger charge is 2.03. The second kappa shape index (κ2) is 4.81. The van der Waals surface area contributed by atoms with E-state index in [0.717, 1.165) is 11.9 Å². The van der Waals surface area contributed by atoms with E-state index in [0.29, 0.717) is 5.65 Å². The molecule has 0 saturated carbocycles. The predicted molar refractivity (Wildman–Crippen MR) is 58.8 cm³/mol. The number of hydrogen-bond donors (Lipinski definition) is 3. The van der Waals surface area contributed by atoms with Crippen molar-refractivity contribution < 1.29 is 0 Å². The maximum Gasteiger partial charge on any atom is 0.180 e. The quantitative estimate of drug-likeness (QED) is 0.587. The molecule has 0 bridgehead atoms. The molecule has 0 fully saturated rings. The first-order valence-electron chi connectivity index (χ1n) is 4.70. The molecular formula is C9H16N6. The summed E-state index contributed by atoms with van der Waals surface area (Å²) in [5.74, 6) is 0. The van der Waals surface area contributed by atoms with Gasteiger partial charge in [-0.3, -0.25) is 0 Å². The Morgan fingerprint density at radius 1 is 1.40 bits per heavy atom. The molecule has 0 aliphatic rings. The molecule has 0 aliphatic carbocycles. The van der Waals surface area contributed by atoms with E-state index in [2.05, 4.69) is 19.9 Å². The lowest BCUT2D eigenvalue weighted by Gasteiger charge is -2.13. The summed E-state index contributed by atoms with van der Waals surface area (Å²) >= 11 is 0. The number of hydrogen-bond acceptors (Lipinski definition) is 5. The Hall–Kier alpha value is -1.53. The van der Waals surface area contributed by atoms with E-state index in [-0.39, 0.29) is 0 Å². The van der Waals surface area contributed by atoms with E-state index in [9.17, 15) is 0 Å². The molecule has 15 heavy (non-hydrogen) atoms. The number of nitrogens with two attached hydrogens (primary N) is 2. The van der Waals surface area contributed by atoms with Gasteiger partial charge in [0.2, 0.25) is 0 Å². The number of H-pyrrole nitrogens is 1. The smallest absolute Gasteiger partial charge is 0.180 e. The van der Waals surface area contributed by atoms with Crippen molar-refractivity contribution >= 4 is 11.2 Å². The third-order valence-electron chi connectivity index (χ3n) is 1.86. The van der Waals surface area contributed by atoms with Gasteiger partial charge in [-0.1, -0.05) is 6.92 Å². The summed E-state index contributed by atoms with van der Waals surface area (Å²) in [5.41, 5.74) is 11.8. The monoisotopic (exact) mass is 208 g/mol. The van der Waals surface area contributed by atoms with Crippen LogP contribution < -0.4 is 11.5 Å². The molecule has 0 amide bonds. The van der Waals surface area contributed by atoms with E-state index in [4.69, 9.17) is 11.5 Å². The molecule has 0 aliphatic heterocycles. The van der Waals surface area contributed by atoms with Crippen LogP contribution in [0.25, 0.3) is 11.2 Å². The molecule has 0 aromatic carbocycles. The molecule has 5 N–H and O–H groups in total. The lowest BCUT2D eigenvalue weighted by molar-refractivity contribution is 0.473. The topological polar surface area (TPSA) is 106 Å². The average molecular weight is 208 g/mol. The van der Waals surface area contributed by atoms with Crippen LogP contribution in [0.3, 0.4) is 0 Å². The largest absolute Gasteiger partial charge is 0.342 e. The fraction of sp³-hybridized carbons (Fsp3) is 0.444. The molecule has 0 saturated heterocycles. The zero-order valence-corrected chi connectivity index (χ0v) is 8.94. The van der Waals surface area contributed by atoms with Gasteiger partial charge < -0.3 is 16.5 Å². The Labute approximate surface area is 88.1 Å². The Balaban J connectivity index is 0.000000167. The Morgan fingerprint density at radius 2 is 2.07 bits per heavy atom. The first-order valence-corrected chi connectivity index (χ1v) is 4.70. The molecule has 6 nitrogen and oxygen atoms in total. The van der Waals surface area contributed by atoms with Crippen molar-refractivity contribution in [2.45, 2.75) is 25.9 Å². The highest BCUT2D eigenvalue weighted by Crippen LogP contribution is 1.99. The molecule has 2 heterocycles. The second-order valence-electron chi connectivity index (χ2n) is 3.52. The summed E-state index contributed by atoms with van der Waals surface area (Å²) in [5, 5.41) is 0. The average Bonchev–Trinajstić information content (AvgIpc) is 2.65. The van der Waals surface area contributed by atoms with Crippen LogP contribution in [0.1, 0.15) is 20.3 Å². The number of rotatable bonds is 1. The molecule has 2 aromatic heterocycles. The summed E-state index contributed by atoms with van der Waals surface area (Å²) in [6.45, 7) is 3.76. The zero-order chi connectivity index (χ0) is 11.3. The molecule has 0 unspecified atom stereocenters. The first kappa shape index (κ1) is 11.5. The maximum absolute atomic E-state index is 5.31. The number of nitrogens with zero attached hydrogens (tertiary/aromatic N) is 3. The van der Waals surface area contributed by atoms with Gasteiger partial charge in [-0.05, 0) is 13.3 Å². The highest BCUT2D eigenvalue weighted by molar-refractivity contribution is 5.67. The lowest BCUT2D eigenvalue weighted by Crippen LogP contribution is -2.44. The lowest BCUT2D eigenvalue weighted by atomic mass is 10.2. The molecule has 2 aromatic rings. The molecule has 0 atom stereocenters. The maximum atomic E-state index is 5.31. The van der Waals surface area contributed by atoms with E-state index >= 15 is 0 Å². The van der Waals surface area contributed by atoms with Gasteiger partial charge in [-0.2, -0.15) is 0 Å². The fourth-order valence-corrected chi connectivity index (χ4v) is 0.691. The Kier molecular flexibility index (Phi) is 3.70. The molecule has 6 heteroatoms. The fourth-order valence-electron chi connectivity index (χ4n) is 0.691. The van der Waals surface area contributed by atoms with Crippen LogP contribution in [0, 0.1) is 0 Å². The second-order valence-corrected chi connectivity index (χ2v) is 3.52. The van der Waals surface area contributed by atoms with Crippen molar-refractivity contribution in [3.8, 4) is 0 Å². The molecule has 82 valence electrons. The van der Waals surface area contributed by atoms with Crippen molar-refractivity contribution in [1.29, 1.82) is 0 Å². The van der Waals surface area contributed by atoms with E-state index in [1.807, 2.05) is 6.92 Å². The van der Waals surface area contributed by atoms with E-state index in [1.165, 1.54) is 6.33 Å². The summed E-state index contributed by atoms with van der Waals surface area (Å²) in [6, 6.07) is 0. The normalized spacial score (nSPS) is 10.9. The number of aromatic amines is 1. The minimum Gasteiger partial charge on any atom is -0.342 e. The van der Waals surface area contributed by atoms with Crippen molar-refractivity contribution in [1.82, 2.24) is 19.9 Å². The Bertz CT molecular complexity index is 372. The van der Waals surface area contributed by atoms with Gasteiger partial charge in [0.25, 0.3) is 0 Å². The third kappa shape index (κ3) is 4.01. The van der Waals surface area contributed by atoms with Crippen LogP contribution in [-0.4, -0.2) is 25.6 Å². The molecule has 0 spiro atoms. The van der Waals surface area contributed by atoms with Gasteiger partial charge in [0.05, 0.1) is 18.2 Å². The van der Waals surface area contributed by atoms with Crippen molar-refractivity contribution in [2.75, 3.05) is 0 Å². The Morgan fingerprint density at radius 3 is 2.60 bits per heavy atom. The van der Waals surface area contributed by atoms with Gasteiger partial charge in [0, 0.05) is 0 Å². The summed E-state index contributed by atoms with van der Waals surface area (Å²) in [6.07, 6.45) is 5.59. The number of fused-ring (bicyclic) bond motifs is 1. The van der Waals surface area contributed by atoms with Gasteiger partial charge in [0.1, 0.15) is 11.8 Å². The highest BCUT2D eigenvalue weighted by atomic mass is 15.0. The predicted octanol–water partition coefficient (Wildman–Crippen LogP) is 0.383. The number of nitrogens with one attached hydrogen (secondary N) is 1. The van der Waals surface area contributed by atoms with Gasteiger partial charge in [0.15, 0.2) is 5.65 Å². The van der Waals surface area contributed by atoms with Crippen molar-refractivity contribution in [2.24, 2.45) is 11.5 Å². The van der Waals surface area contributed by atoms with Crippen molar-refractivity contribution in [3.63, 3.8) is 0 Å². The molecular weight excluding hydrogens is 192 g/mol. The first-order chi connectivity index (χ1) is 7.03. The standard InChI is InChI=1S/C5H4N4.C4H12N2/c1-4-5(8-2-6-1)9-3-7-4;1-3-4(2,5)6/h1-3H,(H,6,7,8,9);3,5-6H2,1-2H3. The summed E-state index contributed by atoms with van der Waals surface area (Å²) in [7, 11) is 0. The van der Waals surface area contributed by atoms with Gasteiger partial charge >= 0.3 is 0 Å². The minimum atomic E-state index is -0.458. The number of imidazole rings is 1. The van der Waals surface area contributed by atoms with E-state index in [1.54, 1.807) is 19.4 Å². The van der Waals surface area contributed by atoms with Gasteiger partial charge in [-0.25, -0.2) is 15.0 Å². The van der Waals surface area contributed by atoms with Gasteiger partial charge in [-0.15, -0.1) is 0 Å². The third-order valence-corrected chi connectivity index (χ3v) is 1.86. The molecule has 2 rings (SSSR count). The van der Waals surface area contributed by atoms with Crippen LogP contribution in [0.4, 0.5) is 0 Å². The van der Waals surface area contributed by atoms with Crippen LogP contribution in [0.5, 0.6) is 0 Å².